The second kappa shape index (κ2) is 7.60. The molecule has 3 heteroatoms. The molecule has 0 aliphatic heterocycles. The molecule has 0 heterocycles. The Labute approximate surface area is 128 Å². The Hall–Kier alpha value is -1.35. The fourth-order valence-electron chi connectivity index (χ4n) is 3.39. The lowest BCUT2D eigenvalue weighted by Crippen LogP contribution is -2.49. The summed E-state index contributed by atoms with van der Waals surface area (Å²) in [4.78, 5) is 14.4. The van der Waals surface area contributed by atoms with Gasteiger partial charge in [0, 0.05) is 13.1 Å². The molecule has 1 aliphatic carbocycles. The zero-order valence-corrected chi connectivity index (χ0v) is 13.3. The number of hydrogen-bond acceptors (Lipinski definition) is 2. The van der Waals surface area contributed by atoms with Gasteiger partial charge in [0.2, 0.25) is 5.91 Å². The number of carbonyl (C=O) groups is 1. The normalized spacial score (nSPS) is 23.6. The van der Waals surface area contributed by atoms with E-state index < -0.39 is 0 Å². The highest BCUT2D eigenvalue weighted by atomic mass is 16.2. The molecule has 2 rings (SSSR count). The molecule has 1 fully saturated rings. The van der Waals surface area contributed by atoms with Gasteiger partial charge in [-0.3, -0.25) is 4.79 Å². The van der Waals surface area contributed by atoms with Gasteiger partial charge in [0.1, 0.15) is 0 Å². The van der Waals surface area contributed by atoms with Crippen LogP contribution in [-0.2, 0) is 11.2 Å². The Morgan fingerprint density at radius 2 is 1.95 bits per heavy atom. The fraction of sp³-hybridized carbons (Fsp3) is 0.611. The van der Waals surface area contributed by atoms with Crippen LogP contribution in [0.3, 0.4) is 0 Å². The van der Waals surface area contributed by atoms with E-state index in [1.54, 1.807) is 0 Å². The molecule has 1 aliphatic rings. The van der Waals surface area contributed by atoms with E-state index in [-0.39, 0.29) is 11.9 Å². The van der Waals surface area contributed by atoms with Crippen molar-refractivity contribution < 1.29 is 4.79 Å². The van der Waals surface area contributed by atoms with Gasteiger partial charge in [0.05, 0.1) is 6.04 Å². The Balaban J connectivity index is 1.86. The van der Waals surface area contributed by atoms with Crippen LogP contribution in [0.4, 0.5) is 0 Å². The quantitative estimate of drug-likeness (QED) is 0.905. The molecular weight excluding hydrogens is 260 g/mol. The molecule has 3 unspecified atom stereocenters. The molecule has 1 amide bonds. The van der Waals surface area contributed by atoms with E-state index >= 15 is 0 Å². The Morgan fingerprint density at radius 3 is 2.62 bits per heavy atom. The summed E-state index contributed by atoms with van der Waals surface area (Å²) in [5.74, 6) is 0.693. The van der Waals surface area contributed by atoms with Crippen LogP contribution in [0.25, 0.3) is 0 Å². The van der Waals surface area contributed by atoms with Crippen molar-refractivity contribution in [2.45, 2.75) is 57.5 Å². The summed E-state index contributed by atoms with van der Waals surface area (Å²) < 4.78 is 0. The summed E-state index contributed by atoms with van der Waals surface area (Å²) >= 11 is 0. The minimum Gasteiger partial charge on any atom is -0.341 e. The van der Waals surface area contributed by atoms with E-state index in [0.29, 0.717) is 18.4 Å². The van der Waals surface area contributed by atoms with Crippen LogP contribution in [0.15, 0.2) is 30.3 Å². The van der Waals surface area contributed by atoms with Crippen LogP contribution >= 0.6 is 0 Å². The molecule has 0 bridgehead atoms. The SMILES string of the molecule is CC1CCCCC1N(C)C(=O)C(N)CCc1ccccc1. The standard InChI is InChI=1S/C18H28N2O/c1-14-8-6-7-11-17(14)20(2)18(21)16(19)13-12-15-9-4-3-5-10-15/h3-5,9-10,14,16-17H,6-8,11-13,19H2,1-2H3. The minimum absolute atomic E-state index is 0.102. The third-order valence-corrected chi connectivity index (χ3v) is 4.82. The topological polar surface area (TPSA) is 46.3 Å². The van der Waals surface area contributed by atoms with Crippen LogP contribution in [0.5, 0.6) is 0 Å². The molecule has 3 nitrogen and oxygen atoms in total. The molecule has 1 aromatic rings. The van der Waals surface area contributed by atoms with Crippen molar-refractivity contribution in [3.63, 3.8) is 0 Å². The summed E-state index contributed by atoms with van der Waals surface area (Å²) in [6.45, 7) is 2.25. The van der Waals surface area contributed by atoms with Crippen molar-refractivity contribution in [1.29, 1.82) is 0 Å². The molecular formula is C18H28N2O. The van der Waals surface area contributed by atoms with Gasteiger partial charge in [-0.15, -0.1) is 0 Å². The number of hydrogen-bond donors (Lipinski definition) is 1. The Kier molecular flexibility index (Phi) is 5.80. The number of rotatable bonds is 5. The zero-order chi connectivity index (χ0) is 15.2. The number of aryl methyl sites for hydroxylation is 1. The van der Waals surface area contributed by atoms with Crippen molar-refractivity contribution in [3.8, 4) is 0 Å². The molecule has 0 saturated heterocycles. The van der Waals surface area contributed by atoms with Gasteiger partial charge >= 0.3 is 0 Å². The van der Waals surface area contributed by atoms with Crippen molar-refractivity contribution in [2.24, 2.45) is 11.7 Å². The van der Waals surface area contributed by atoms with Crippen molar-refractivity contribution in [3.05, 3.63) is 35.9 Å². The molecule has 1 saturated carbocycles. The van der Waals surface area contributed by atoms with Crippen molar-refractivity contribution >= 4 is 5.91 Å². The van der Waals surface area contributed by atoms with Crippen LogP contribution in [-0.4, -0.2) is 29.9 Å². The first-order valence-electron chi connectivity index (χ1n) is 8.15. The smallest absolute Gasteiger partial charge is 0.239 e. The first-order valence-corrected chi connectivity index (χ1v) is 8.15. The van der Waals surface area contributed by atoms with E-state index in [0.717, 1.165) is 12.8 Å². The van der Waals surface area contributed by atoms with Gasteiger partial charge in [-0.2, -0.15) is 0 Å². The van der Waals surface area contributed by atoms with E-state index in [1.165, 1.54) is 24.8 Å². The highest BCUT2D eigenvalue weighted by Crippen LogP contribution is 2.27. The average molecular weight is 288 g/mol. The first-order chi connectivity index (χ1) is 10.1. The van der Waals surface area contributed by atoms with Gasteiger partial charge in [0.25, 0.3) is 0 Å². The van der Waals surface area contributed by atoms with Crippen LogP contribution in [0.1, 0.15) is 44.6 Å². The summed E-state index contributed by atoms with van der Waals surface area (Å²) in [5.41, 5.74) is 7.37. The fourth-order valence-corrected chi connectivity index (χ4v) is 3.39. The number of carbonyl (C=O) groups excluding carboxylic acids is 1. The van der Waals surface area contributed by atoms with Crippen LogP contribution in [0, 0.1) is 5.92 Å². The number of likely N-dealkylation sites (N-methyl/N-ethyl adjacent to an activating group) is 1. The highest BCUT2D eigenvalue weighted by Gasteiger charge is 2.29. The molecule has 21 heavy (non-hydrogen) atoms. The molecule has 2 N–H and O–H groups in total. The molecule has 0 aromatic heterocycles. The molecule has 0 spiro atoms. The first kappa shape index (κ1) is 16.0. The Bertz CT molecular complexity index is 446. The third-order valence-electron chi connectivity index (χ3n) is 4.82. The predicted molar refractivity (Wildman–Crippen MR) is 86.9 cm³/mol. The van der Waals surface area contributed by atoms with Gasteiger partial charge in [-0.25, -0.2) is 0 Å². The summed E-state index contributed by atoms with van der Waals surface area (Å²) in [7, 11) is 1.93. The third kappa shape index (κ3) is 4.31. The highest BCUT2D eigenvalue weighted by molar-refractivity contribution is 5.81. The van der Waals surface area contributed by atoms with E-state index in [2.05, 4.69) is 19.1 Å². The number of nitrogens with two attached hydrogens (primary N) is 1. The molecule has 3 atom stereocenters. The summed E-state index contributed by atoms with van der Waals surface area (Å²) in [6, 6.07) is 10.2. The van der Waals surface area contributed by atoms with Crippen molar-refractivity contribution in [1.82, 2.24) is 4.90 Å². The van der Waals surface area contributed by atoms with Crippen molar-refractivity contribution in [2.75, 3.05) is 7.05 Å². The second-order valence-electron chi connectivity index (χ2n) is 6.41. The minimum atomic E-state index is -0.385. The monoisotopic (exact) mass is 288 g/mol. The number of benzene rings is 1. The molecule has 0 radical (unpaired) electrons. The van der Waals surface area contributed by atoms with Crippen LogP contribution < -0.4 is 5.73 Å². The second-order valence-corrected chi connectivity index (χ2v) is 6.41. The van der Waals surface area contributed by atoms with Gasteiger partial charge in [-0.1, -0.05) is 50.1 Å². The summed E-state index contributed by atoms with van der Waals surface area (Å²) in [5, 5.41) is 0. The molecule has 116 valence electrons. The lowest BCUT2D eigenvalue weighted by Gasteiger charge is -2.37. The van der Waals surface area contributed by atoms with Gasteiger partial charge < -0.3 is 10.6 Å². The largest absolute Gasteiger partial charge is 0.341 e. The van der Waals surface area contributed by atoms with Gasteiger partial charge in [0.15, 0.2) is 0 Å². The lowest BCUT2D eigenvalue weighted by atomic mass is 9.85. The predicted octanol–water partition coefficient (Wildman–Crippen LogP) is 2.98. The average Bonchev–Trinajstić information content (AvgIpc) is 2.52. The lowest BCUT2D eigenvalue weighted by molar-refractivity contribution is -0.135. The van der Waals surface area contributed by atoms with E-state index in [4.69, 9.17) is 5.73 Å². The maximum Gasteiger partial charge on any atom is 0.239 e. The zero-order valence-electron chi connectivity index (χ0n) is 13.3. The van der Waals surface area contributed by atoms with E-state index in [1.807, 2.05) is 30.1 Å². The number of amides is 1. The van der Waals surface area contributed by atoms with E-state index in [9.17, 15) is 4.79 Å². The number of nitrogens with zero attached hydrogens (tertiary/aromatic N) is 1. The maximum absolute atomic E-state index is 12.5. The van der Waals surface area contributed by atoms with Crippen LogP contribution in [0.2, 0.25) is 0 Å². The summed E-state index contributed by atoms with van der Waals surface area (Å²) in [6.07, 6.45) is 6.44. The Morgan fingerprint density at radius 1 is 1.29 bits per heavy atom. The maximum atomic E-state index is 12.5. The molecule has 1 aromatic carbocycles. The van der Waals surface area contributed by atoms with Gasteiger partial charge in [-0.05, 0) is 37.2 Å².